The molecule has 25 heavy (non-hydrogen) atoms. The summed E-state index contributed by atoms with van der Waals surface area (Å²) in [5.74, 6) is 1.25. The molecule has 0 fully saturated rings. The van der Waals surface area contributed by atoms with Crippen molar-refractivity contribution in [3.05, 3.63) is 60.2 Å². The molecule has 2 atom stereocenters. The summed E-state index contributed by atoms with van der Waals surface area (Å²) in [5.41, 5.74) is 7.00. The monoisotopic (exact) mass is 364 g/mol. The van der Waals surface area contributed by atoms with Crippen molar-refractivity contribution >= 4 is 18.3 Å². The third kappa shape index (κ3) is 7.03. The molecule has 2 aromatic rings. The van der Waals surface area contributed by atoms with Crippen LogP contribution in [0.4, 0.5) is 0 Å². The van der Waals surface area contributed by atoms with Gasteiger partial charge in [-0.2, -0.15) is 0 Å². The molecule has 1 unspecified atom stereocenters. The van der Waals surface area contributed by atoms with E-state index in [1.165, 1.54) is 0 Å². The van der Waals surface area contributed by atoms with Gasteiger partial charge in [-0.1, -0.05) is 36.4 Å². The van der Waals surface area contributed by atoms with Crippen LogP contribution >= 0.6 is 12.4 Å². The van der Waals surface area contributed by atoms with Crippen molar-refractivity contribution in [2.24, 2.45) is 5.73 Å². The van der Waals surface area contributed by atoms with Gasteiger partial charge in [-0.25, -0.2) is 0 Å². The van der Waals surface area contributed by atoms with E-state index in [0.29, 0.717) is 18.7 Å². The molecule has 0 bridgehead atoms. The van der Waals surface area contributed by atoms with Gasteiger partial charge in [-0.05, 0) is 31.0 Å². The molecule has 0 radical (unpaired) electrons. The first-order chi connectivity index (χ1) is 11.6. The van der Waals surface area contributed by atoms with Crippen LogP contribution in [0.25, 0.3) is 0 Å². The third-order valence-electron chi connectivity index (χ3n) is 3.58. The summed E-state index contributed by atoms with van der Waals surface area (Å²) in [7, 11) is 1.61. The lowest BCUT2D eigenvalue weighted by molar-refractivity contribution is -0.122. The minimum atomic E-state index is -0.573. The maximum absolute atomic E-state index is 12.1. The Hall–Kier alpha value is -2.24. The van der Waals surface area contributed by atoms with E-state index in [1.54, 1.807) is 13.2 Å². The predicted octanol–water partition coefficient (Wildman–Crippen LogP) is 2.57. The molecule has 0 aliphatic carbocycles. The van der Waals surface area contributed by atoms with Crippen LogP contribution in [0.1, 0.15) is 12.5 Å². The summed E-state index contributed by atoms with van der Waals surface area (Å²) in [6, 6.07) is 16.5. The first kappa shape index (κ1) is 20.8. The maximum Gasteiger partial charge on any atom is 0.237 e. The molecule has 136 valence electrons. The van der Waals surface area contributed by atoms with Crippen molar-refractivity contribution in [3.8, 4) is 11.5 Å². The van der Waals surface area contributed by atoms with Crippen molar-refractivity contribution in [2.45, 2.75) is 25.5 Å². The zero-order valence-electron chi connectivity index (χ0n) is 14.5. The second-order valence-electron chi connectivity index (χ2n) is 5.65. The number of benzene rings is 2. The van der Waals surface area contributed by atoms with E-state index in [4.69, 9.17) is 15.2 Å². The van der Waals surface area contributed by atoms with Crippen molar-refractivity contribution < 1.29 is 14.3 Å². The second kappa shape index (κ2) is 10.6. The smallest absolute Gasteiger partial charge is 0.237 e. The Morgan fingerprint density at radius 1 is 1.12 bits per heavy atom. The molecule has 0 saturated heterocycles. The lowest BCUT2D eigenvalue weighted by Crippen LogP contribution is -2.45. The van der Waals surface area contributed by atoms with Crippen molar-refractivity contribution in [2.75, 3.05) is 13.7 Å². The molecule has 5 nitrogen and oxygen atoms in total. The van der Waals surface area contributed by atoms with Crippen LogP contribution in [0.15, 0.2) is 54.6 Å². The summed E-state index contributed by atoms with van der Waals surface area (Å²) >= 11 is 0. The summed E-state index contributed by atoms with van der Waals surface area (Å²) in [5, 5.41) is 2.83. The number of nitrogens with one attached hydrogen (secondary N) is 1. The third-order valence-corrected chi connectivity index (χ3v) is 3.58. The fraction of sp³-hybridized carbons (Fsp3) is 0.316. The summed E-state index contributed by atoms with van der Waals surface area (Å²) in [6.45, 7) is 2.28. The number of ether oxygens (including phenoxy) is 2. The summed E-state index contributed by atoms with van der Waals surface area (Å²) in [4.78, 5) is 12.1. The first-order valence-corrected chi connectivity index (χ1v) is 7.96. The van der Waals surface area contributed by atoms with Crippen LogP contribution in [0, 0.1) is 0 Å². The van der Waals surface area contributed by atoms with Crippen LogP contribution in [-0.2, 0) is 11.2 Å². The number of rotatable bonds is 8. The highest BCUT2D eigenvalue weighted by Gasteiger charge is 2.15. The first-order valence-electron chi connectivity index (χ1n) is 7.96. The van der Waals surface area contributed by atoms with Gasteiger partial charge in [0.25, 0.3) is 0 Å². The van der Waals surface area contributed by atoms with Crippen LogP contribution in [0.5, 0.6) is 11.5 Å². The number of carbonyl (C=O) groups excluding carboxylic acids is 1. The molecule has 1 amide bonds. The Balaban J connectivity index is 0.00000312. The fourth-order valence-electron chi connectivity index (χ4n) is 2.28. The summed E-state index contributed by atoms with van der Waals surface area (Å²) in [6.07, 6.45) is 0.336. The largest absolute Gasteiger partial charge is 0.497 e. The highest BCUT2D eigenvalue weighted by Crippen LogP contribution is 2.19. The van der Waals surface area contributed by atoms with Gasteiger partial charge in [0, 0.05) is 6.07 Å². The van der Waals surface area contributed by atoms with Crippen molar-refractivity contribution in [3.63, 3.8) is 0 Å². The highest BCUT2D eigenvalue weighted by atomic mass is 35.5. The lowest BCUT2D eigenvalue weighted by Gasteiger charge is -2.18. The molecular formula is C19H25ClN2O3. The molecule has 2 aromatic carbocycles. The fourth-order valence-corrected chi connectivity index (χ4v) is 2.28. The number of hydrogen-bond acceptors (Lipinski definition) is 4. The van der Waals surface area contributed by atoms with Gasteiger partial charge in [0.2, 0.25) is 5.91 Å². The molecule has 2 rings (SSSR count). The van der Waals surface area contributed by atoms with E-state index in [9.17, 15) is 4.79 Å². The SMILES string of the molecule is COc1cccc(OC(C)CNC(=O)[C@@H](N)Cc2ccccc2)c1.Cl. The molecule has 0 spiro atoms. The van der Waals surface area contributed by atoms with Crippen LogP contribution < -0.4 is 20.5 Å². The summed E-state index contributed by atoms with van der Waals surface area (Å²) < 4.78 is 10.9. The number of hydrogen-bond donors (Lipinski definition) is 2. The Labute approximate surface area is 154 Å². The highest BCUT2D eigenvalue weighted by molar-refractivity contribution is 5.85. The molecule has 0 heterocycles. The number of amides is 1. The van der Waals surface area contributed by atoms with Gasteiger partial charge in [-0.3, -0.25) is 4.79 Å². The topological polar surface area (TPSA) is 73.6 Å². The van der Waals surface area contributed by atoms with E-state index < -0.39 is 6.04 Å². The van der Waals surface area contributed by atoms with Gasteiger partial charge in [-0.15, -0.1) is 12.4 Å². The molecule has 6 heteroatoms. The zero-order chi connectivity index (χ0) is 17.4. The molecule has 0 saturated carbocycles. The minimum Gasteiger partial charge on any atom is -0.497 e. The Kier molecular flexibility index (Phi) is 8.81. The average molecular weight is 365 g/mol. The maximum atomic E-state index is 12.1. The van der Waals surface area contributed by atoms with E-state index >= 15 is 0 Å². The number of halogens is 1. The minimum absolute atomic E-state index is 0. The molecule has 3 N–H and O–H groups in total. The number of carbonyl (C=O) groups is 1. The van der Waals surface area contributed by atoms with Gasteiger partial charge < -0.3 is 20.5 Å². The van der Waals surface area contributed by atoms with Gasteiger partial charge in [0.1, 0.15) is 17.6 Å². The molecule has 0 aliphatic rings. The standard InChI is InChI=1S/C19H24N2O3.ClH/c1-14(24-17-10-6-9-16(12-17)23-2)13-21-19(22)18(20)11-15-7-4-3-5-8-15;/h3-10,12,14,18H,11,13,20H2,1-2H3,(H,21,22);1H/t14?,18-;/m0./s1. The van der Waals surface area contributed by atoms with Crippen LogP contribution in [0.2, 0.25) is 0 Å². The van der Waals surface area contributed by atoms with Gasteiger partial charge in [0.05, 0.1) is 19.7 Å². The predicted molar refractivity (Wildman–Crippen MR) is 101 cm³/mol. The lowest BCUT2D eigenvalue weighted by atomic mass is 10.1. The van der Waals surface area contributed by atoms with Crippen LogP contribution in [0.3, 0.4) is 0 Å². The van der Waals surface area contributed by atoms with E-state index in [2.05, 4.69) is 5.32 Å². The molecular weight excluding hydrogens is 340 g/mol. The van der Waals surface area contributed by atoms with Crippen molar-refractivity contribution in [1.29, 1.82) is 0 Å². The van der Waals surface area contributed by atoms with E-state index in [0.717, 1.165) is 11.3 Å². The Bertz CT molecular complexity index is 652. The zero-order valence-corrected chi connectivity index (χ0v) is 15.3. The number of nitrogens with two attached hydrogens (primary N) is 1. The normalized spacial score (nSPS) is 12.4. The quantitative estimate of drug-likeness (QED) is 0.755. The molecule has 0 aromatic heterocycles. The second-order valence-corrected chi connectivity index (χ2v) is 5.65. The van der Waals surface area contributed by atoms with E-state index in [-0.39, 0.29) is 24.4 Å². The Morgan fingerprint density at radius 3 is 2.48 bits per heavy atom. The van der Waals surface area contributed by atoms with Crippen molar-refractivity contribution in [1.82, 2.24) is 5.32 Å². The number of methoxy groups -OCH3 is 1. The average Bonchev–Trinajstić information content (AvgIpc) is 2.60. The molecule has 0 aliphatic heterocycles. The van der Waals surface area contributed by atoms with Gasteiger partial charge >= 0.3 is 0 Å². The Morgan fingerprint density at radius 2 is 1.80 bits per heavy atom. The van der Waals surface area contributed by atoms with Crippen LogP contribution in [-0.4, -0.2) is 31.7 Å². The van der Waals surface area contributed by atoms with E-state index in [1.807, 2.05) is 55.5 Å². The van der Waals surface area contributed by atoms with Gasteiger partial charge in [0.15, 0.2) is 0 Å².